The zero-order chi connectivity index (χ0) is 14.7. The summed E-state index contributed by atoms with van der Waals surface area (Å²) in [7, 11) is 0. The monoisotopic (exact) mass is 332 g/mol. The van der Waals surface area contributed by atoms with Crippen molar-refractivity contribution in [3.63, 3.8) is 0 Å². The minimum absolute atomic E-state index is 0.00690. The van der Waals surface area contributed by atoms with E-state index in [1.807, 2.05) is 56.3 Å². The first-order valence-corrected chi connectivity index (χ1v) is 7.31. The van der Waals surface area contributed by atoms with Gasteiger partial charge in [0.1, 0.15) is 5.75 Å². The molecule has 2 rings (SSSR count). The van der Waals surface area contributed by atoms with Crippen molar-refractivity contribution >= 4 is 21.7 Å². The van der Waals surface area contributed by atoms with Gasteiger partial charge in [0.15, 0.2) is 6.10 Å². The Labute approximate surface area is 127 Å². The molecule has 0 bridgehead atoms. The second-order valence-electron chi connectivity index (χ2n) is 4.86. The Hall–Kier alpha value is -1.61. The van der Waals surface area contributed by atoms with Crippen LogP contribution in [0.5, 0.6) is 5.75 Å². The Bertz CT molecular complexity index is 597. The Morgan fingerprint density at radius 1 is 1.10 bits per heavy atom. The van der Waals surface area contributed by atoms with Gasteiger partial charge in [-0.05, 0) is 56.2 Å². The zero-order valence-corrected chi connectivity index (χ0v) is 13.4. The molecule has 20 heavy (non-hydrogen) atoms. The van der Waals surface area contributed by atoms with Crippen molar-refractivity contribution in [2.45, 2.75) is 26.9 Å². The molecule has 104 valence electrons. The Kier molecular flexibility index (Phi) is 4.61. The predicted molar refractivity (Wildman–Crippen MR) is 84.5 cm³/mol. The van der Waals surface area contributed by atoms with Crippen molar-refractivity contribution in [2.75, 3.05) is 0 Å². The molecule has 3 heteroatoms. The van der Waals surface area contributed by atoms with Crippen LogP contribution in [0.3, 0.4) is 0 Å². The third-order valence-corrected chi connectivity index (χ3v) is 4.40. The maximum Gasteiger partial charge on any atom is 0.203 e. The number of ketones is 1. The van der Waals surface area contributed by atoms with Gasteiger partial charge in [-0.25, -0.2) is 0 Å². The van der Waals surface area contributed by atoms with Gasteiger partial charge in [-0.3, -0.25) is 4.79 Å². The first kappa shape index (κ1) is 14.8. The van der Waals surface area contributed by atoms with Crippen LogP contribution in [0, 0.1) is 13.8 Å². The molecule has 0 spiro atoms. The fraction of sp³-hybridized carbons (Fsp3) is 0.235. The number of carbonyl (C=O) groups is 1. The number of benzene rings is 2. The smallest absolute Gasteiger partial charge is 0.203 e. The Morgan fingerprint density at radius 3 is 2.20 bits per heavy atom. The van der Waals surface area contributed by atoms with Crippen LogP contribution in [0.1, 0.15) is 28.4 Å². The quantitative estimate of drug-likeness (QED) is 0.757. The van der Waals surface area contributed by atoms with Crippen molar-refractivity contribution in [3.8, 4) is 5.75 Å². The molecule has 0 heterocycles. The third-order valence-electron chi connectivity index (χ3n) is 3.15. The van der Waals surface area contributed by atoms with Crippen LogP contribution in [0.2, 0.25) is 0 Å². The second kappa shape index (κ2) is 6.23. The maximum atomic E-state index is 12.4. The maximum absolute atomic E-state index is 12.4. The molecule has 0 aliphatic carbocycles. The molecular formula is C17H17BrO2. The van der Waals surface area contributed by atoms with Gasteiger partial charge in [0.25, 0.3) is 0 Å². The van der Waals surface area contributed by atoms with E-state index in [2.05, 4.69) is 15.9 Å². The number of halogens is 1. The van der Waals surface area contributed by atoms with E-state index in [1.54, 1.807) is 6.92 Å². The van der Waals surface area contributed by atoms with Crippen LogP contribution in [0.4, 0.5) is 0 Å². The SMILES string of the molecule is Cc1cc(C(=O)[C@H](C)Oc2ccccc2)cc(C)c1Br. The number of Topliss-reactive ketones (excluding diaryl/α,β-unsaturated/α-hetero) is 1. The van der Waals surface area contributed by atoms with Crippen molar-refractivity contribution in [2.24, 2.45) is 0 Å². The summed E-state index contributed by atoms with van der Waals surface area (Å²) >= 11 is 3.51. The zero-order valence-electron chi connectivity index (χ0n) is 11.8. The fourth-order valence-corrected chi connectivity index (χ4v) is 2.31. The van der Waals surface area contributed by atoms with E-state index in [4.69, 9.17) is 4.74 Å². The van der Waals surface area contributed by atoms with Gasteiger partial charge in [0.05, 0.1) is 0 Å². The van der Waals surface area contributed by atoms with Crippen LogP contribution < -0.4 is 4.74 Å². The van der Waals surface area contributed by atoms with E-state index in [1.165, 1.54) is 0 Å². The van der Waals surface area contributed by atoms with Crippen LogP contribution in [0.25, 0.3) is 0 Å². The molecule has 2 nitrogen and oxygen atoms in total. The summed E-state index contributed by atoms with van der Waals surface area (Å²) in [6.07, 6.45) is -0.502. The molecule has 0 aliphatic heterocycles. The molecule has 0 N–H and O–H groups in total. The lowest BCUT2D eigenvalue weighted by molar-refractivity contribution is 0.0818. The van der Waals surface area contributed by atoms with Crippen molar-refractivity contribution in [1.82, 2.24) is 0 Å². The highest BCUT2D eigenvalue weighted by molar-refractivity contribution is 9.10. The largest absolute Gasteiger partial charge is 0.483 e. The number of aryl methyl sites for hydroxylation is 2. The van der Waals surface area contributed by atoms with E-state index in [9.17, 15) is 4.79 Å². The van der Waals surface area contributed by atoms with Gasteiger partial charge in [-0.1, -0.05) is 34.1 Å². The molecule has 0 saturated heterocycles. The molecule has 0 aromatic heterocycles. The van der Waals surface area contributed by atoms with Gasteiger partial charge in [-0.2, -0.15) is 0 Å². The summed E-state index contributed by atoms with van der Waals surface area (Å²) in [5.74, 6) is 0.700. The molecule has 0 saturated carbocycles. The molecule has 0 aliphatic rings. The number of ether oxygens (including phenoxy) is 1. The summed E-state index contributed by atoms with van der Waals surface area (Å²) in [6.45, 7) is 5.75. The topological polar surface area (TPSA) is 26.3 Å². The Morgan fingerprint density at radius 2 is 1.65 bits per heavy atom. The number of rotatable bonds is 4. The summed E-state index contributed by atoms with van der Waals surface area (Å²) in [5.41, 5.74) is 2.80. The van der Waals surface area contributed by atoms with Gasteiger partial charge in [-0.15, -0.1) is 0 Å². The van der Waals surface area contributed by atoms with Gasteiger partial charge in [0.2, 0.25) is 5.78 Å². The highest BCUT2D eigenvalue weighted by Crippen LogP contribution is 2.23. The number of para-hydroxylation sites is 1. The summed E-state index contributed by atoms with van der Waals surface area (Å²) in [6, 6.07) is 13.2. The van der Waals surface area contributed by atoms with Crippen molar-refractivity contribution in [1.29, 1.82) is 0 Å². The van der Waals surface area contributed by atoms with Crippen molar-refractivity contribution < 1.29 is 9.53 Å². The van der Waals surface area contributed by atoms with Crippen LogP contribution in [-0.2, 0) is 0 Å². The standard InChI is InChI=1S/C17H17BrO2/c1-11-9-14(10-12(2)16(11)18)17(19)13(3)20-15-7-5-4-6-8-15/h4-10,13H,1-3H3/t13-/m0/s1. The molecule has 0 unspecified atom stereocenters. The number of hydrogen-bond acceptors (Lipinski definition) is 2. The van der Waals surface area contributed by atoms with E-state index < -0.39 is 6.10 Å². The van der Waals surface area contributed by atoms with Crippen LogP contribution >= 0.6 is 15.9 Å². The fourth-order valence-electron chi connectivity index (χ4n) is 2.08. The highest BCUT2D eigenvalue weighted by atomic mass is 79.9. The molecular weight excluding hydrogens is 316 g/mol. The lowest BCUT2D eigenvalue weighted by atomic mass is 10.0. The van der Waals surface area contributed by atoms with E-state index in [0.29, 0.717) is 11.3 Å². The Balaban J connectivity index is 2.19. The first-order valence-electron chi connectivity index (χ1n) is 6.51. The summed E-state index contributed by atoms with van der Waals surface area (Å²) in [5, 5.41) is 0. The van der Waals surface area contributed by atoms with E-state index in [-0.39, 0.29) is 5.78 Å². The van der Waals surface area contributed by atoms with Crippen LogP contribution in [-0.4, -0.2) is 11.9 Å². The molecule has 1 atom stereocenters. The minimum Gasteiger partial charge on any atom is -0.483 e. The third kappa shape index (κ3) is 3.28. The van der Waals surface area contributed by atoms with E-state index >= 15 is 0 Å². The van der Waals surface area contributed by atoms with Crippen molar-refractivity contribution in [3.05, 3.63) is 63.6 Å². The van der Waals surface area contributed by atoms with Gasteiger partial charge in [0, 0.05) is 10.0 Å². The molecule has 0 fully saturated rings. The van der Waals surface area contributed by atoms with Crippen LogP contribution in [0.15, 0.2) is 46.9 Å². The molecule has 2 aromatic rings. The lowest BCUT2D eigenvalue weighted by Crippen LogP contribution is -2.24. The highest BCUT2D eigenvalue weighted by Gasteiger charge is 2.18. The lowest BCUT2D eigenvalue weighted by Gasteiger charge is -2.15. The second-order valence-corrected chi connectivity index (χ2v) is 5.65. The average Bonchev–Trinajstić information content (AvgIpc) is 2.44. The summed E-state index contributed by atoms with van der Waals surface area (Å²) in [4.78, 5) is 12.4. The number of hydrogen-bond donors (Lipinski definition) is 0. The van der Waals surface area contributed by atoms with Gasteiger partial charge < -0.3 is 4.74 Å². The number of carbonyl (C=O) groups excluding carboxylic acids is 1. The minimum atomic E-state index is -0.502. The molecule has 0 radical (unpaired) electrons. The first-order chi connectivity index (χ1) is 9.49. The normalized spacial score (nSPS) is 12.0. The molecule has 2 aromatic carbocycles. The van der Waals surface area contributed by atoms with E-state index in [0.717, 1.165) is 15.6 Å². The summed E-state index contributed by atoms with van der Waals surface area (Å²) < 4.78 is 6.73. The molecule has 0 amide bonds. The average molecular weight is 333 g/mol. The predicted octanol–water partition coefficient (Wildman–Crippen LogP) is 4.72. The van der Waals surface area contributed by atoms with Gasteiger partial charge >= 0.3 is 0 Å².